The topological polar surface area (TPSA) is 21.3 Å². The number of ether oxygens (including phenoxy) is 1. The summed E-state index contributed by atoms with van der Waals surface area (Å²) in [4.78, 5) is 0. The molecule has 0 fully saturated rings. The molecule has 0 heterocycles. The van der Waals surface area contributed by atoms with E-state index in [4.69, 9.17) is 4.74 Å². The maximum Gasteiger partial charge on any atom is 0.159 e. The van der Waals surface area contributed by atoms with Crippen LogP contribution in [0.15, 0.2) is 42.5 Å². The SMILES string of the molecule is CNC(Cc1cccc(OC)c1)c1ccc(F)c(F)c1. The van der Waals surface area contributed by atoms with Crippen molar-refractivity contribution >= 4 is 0 Å². The van der Waals surface area contributed by atoms with E-state index >= 15 is 0 Å². The van der Waals surface area contributed by atoms with Crippen LogP contribution in [0.1, 0.15) is 17.2 Å². The Bertz CT molecular complexity index is 586. The van der Waals surface area contributed by atoms with Gasteiger partial charge in [-0.25, -0.2) is 8.78 Å². The minimum Gasteiger partial charge on any atom is -0.497 e. The molecular weight excluding hydrogens is 260 g/mol. The molecule has 0 saturated carbocycles. The second-order valence-corrected chi connectivity index (χ2v) is 4.57. The third kappa shape index (κ3) is 3.33. The van der Waals surface area contributed by atoms with E-state index in [2.05, 4.69) is 5.32 Å². The fraction of sp³-hybridized carbons (Fsp3) is 0.250. The Kier molecular flexibility index (Phi) is 4.69. The van der Waals surface area contributed by atoms with Gasteiger partial charge < -0.3 is 10.1 Å². The summed E-state index contributed by atoms with van der Waals surface area (Å²) in [6.45, 7) is 0. The van der Waals surface area contributed by atoms with Gasteiger partial charge in [-0.05, 0) is 48.9 Å². The van der Waals surface area contributed by atoms with Crippen LogP contribution in [-0.2, 0) is 6.42 Å². The summed E-state index contributed by atoms with van der Waals surface area (Å²) < 4.78 is 31.5. The van der Waals surface area contributed by atoms with Crippen LogP contribution < -0.4 is 10.1 Å². The standard InChI is InChI=1S/C16H17F2NO/c1-19-16(12-6-7-14(17)15(18)10-12)9-11-4-3-5-13(8-11)20-2/h3-8,10,16,19H,9H2,1-2H3. The van der Waals surface area contributed by atoms with E-state index in [1.165, 1.54) is 6.07 Å². The van der Waals surface area contributed by atoms with Crippen molar-refractivity contribution in [2.24, 2.45) is 0 Å². The van der Waals surface area contributed by atoms with Crippen molar-refractivity contribution < 1.29 is 13.5 Å². The van der Waals surface area contributed by atoms with Gasteiger partial charge in [-0.15, -0.1) is 0 Å². The Hall–Kier alpha value is -1.94. The molecule has 1 atom stereocenters. The van der Waals surface area contributed by atoms with Crippen molar-refractivity contribution in [2.45, 2.75) is 12.5 Å². The van der Waals surface area contributed by atoms with Gasteiger partial charge in [0.15, 0.2) is 11.6 Å². The summed E-state index contributed by atoms with van der Waals surface area (Å²) in [7, 11) is 3.41. The lowest BCUT2D eigenvalue weighted by atomic mass is 9.98. The van der Waals surface area contributed by atoms with Crippen molar-refractivity contribution in [1.82, 2.24) is 5.32 Å². The molecule has 0 aliphatic heterocycles. The van der Waals surface area contributed by atoms with Gasteiger partial charge in [0, 0.05) is 6.04 Å². The first-order chi connectivity index (χ1) is 9.63. The average Bonchev–Trinajstić information content (AvgIpc) is 2.48. The largest absolute Gasteiger partial charge is 0.497 e. The summed E-state index contributed by atoms with van der Waals surface area (Å²) in [6.07, 6.45) is 0.665. The lowest BCUT2D eigenvalue weighted by Gasteiger charge is -2.17. The first-order valence-electron chi connectivity index (χ1n) is 6.39. The van der Waals surface area contributed by atoms with Gasteiger partial charge in [0.2, 0.25) is 0 Å². The number of rotatable bonds is 5. The molecule has 1 N–H and O–H groups in total. The number of likely N-dealkylation sites (N-methyl/N-ethyl adjacent to an activating group) is 1. The number of halogens is 2. The van der Waals surface area contributed by atoms with E-state index in [1.807, 2.05) is 24.3 Å². The Morgan fingerprint density at radius 3 is 2.55 bits per heavy atom. The molecule has 0 amide bonds. The van der Waals surface area contributed by atoms with Gasteiger partial charge in [0.25, 0.3) is 0 Å². The van der Waals surface area contributed by atoms with Crippen LogP contribution in [0.25, 0.3) is 0 Å². The second kappa shape index (κ2) is 6.48. The Balaban J connectivity index is 2.21. The van der Waals surface area contributed by atoms with Crippen molar-refractivity contribution in [3.05, 3.63) is 65.2 Å². The van der Waals surface area contributed by atoms with E-state index < -0.39 is 11.6 Å². The van der Waals surface area contributed by atoms with Crippen LogP contribution in [-0.4, -0.2) is 14.2 Å². The van der Waals surface area contributed by atoms with E-state index in [1.54, 1.807) is 20.2 Å². The molecular formula is C16H17F2NO. The fourth-order valence-corrected chi connectivity index (χ4v) is 2.15. The molecule has 2 rings (SSSR count). The number of hydrogen-bond acceptors (Lipinski definition) is 2. The van der Waals surface area contributed by atoms with Gasteiger partial charge in [0.05, 0.1) is 7.11 Å². The molecule has 0 radical (unpaired) electrons. The highest BCUT2D eigenvalue weighted by molar-refractivity contribution is 5.31. The van der Waals surface area contributed by atoms with Gasteiger partial charge in [-0.1, -0.05) is 18.2 Å². The molecule has 0 saturated heterocycles. The summed E-state index contributed by atoms with van der Waals surface area (Å²) in [5.74, 6) is -0.874. The maximum absolute atomic E-state index is 13.3. The molecule has 0 spiro atoms. The molecule has 0 aromatic heterocycles. The van der Waals surface area contributed by atoms with Crippen LogP contribution in [0.5, 0.6) is 5.75 Å². The number of methoxy groups -OCH3 is 1. The van der Waals surface area contributed by atoms with Crippen LogP contribution in [0, 0.1) is 11.6 Å². The highest BCUT2D eigenvalue weighted by Gasteiger charge is 2.13. The van der Waals surface area contributed by atoms with Crippen molar-refractivity contribution in [3.8, 4) is 5.75 Å². The smallest absolute Gasteiger partial charge is 0.159 e. The summed E-state index contributed by atoms with van der Waals surface area (Å²) >= 11 is 0. The summed E-state index contributed by atoms with van der Waals surface area (Å²) in [5, 5.41) is 3.12. The lowest BCUT2D eigenvalue weighted by molar-refractivity contribution is 0.414. The molecule has 20 heavy (non-hydrogen) atoms. The third-order valence-corrected chi connectivity index (χ3v) is 3.27. The first kappa shape index (κ1) is 14.5. The number of hydrogen-bond donors (Lipinski definition) is 1. The van der Waals surface area contributed by atoms with Crippen molar-refractivity contribution in [3.63, 3.8) is 0 Å². The quantitative estimate of drug-likeness (QED) is 0.903. The van der Waals surface area contributed by atoms with Crippen LogP contribution in [0.4, 0.5) is 8.78 Å². The zero-order chi connectivity index (χ0) is 14.5. The fourth-order valence-electron chi connectivity index (χ4n) is 2.15. The molecule has 0 aliphatic rings. The van der Waals surface area contributed by atoms with Gasteiger partial charge in [-0.3, -0.25) is 0 Å². The van der Waals surface area contributed by atoms with Crippen LogP contribution in [0.2, 0.25) is 0 Å². The predicted octanol–water partition coefficient (Wildman–Crippen LogP) is 3.48. The maximum atomic E-state index is 13.3. The second-order valence-electron chi connectivity index (χ2n) is 4.57. The van der Waals surface area contributed by atoms with Crippen LogP contribution in [0.3, 0.4) is 0 Å². The first-order valence-corrected chi connectivity index (χ1v) is 6.39. The Morgan fingerprint density at radius 1 is 1.10 bits per heavy atom. The van der Waals surface area contributed by atoms with E-state index in [-0.39, 0.29) is 6.04 Å². The number of nitrogens with one attached hydrogen (secondary N) is 1. The molecule has 106 valence electrons. The highest BCUT2D eigenvalue weighted by Crippen LogP contribution is 2.22. The normalized spacial score (nSPS) is 12.2. The minimum atomic E-state index is -0.829. The minimum absolute atomic E-state index is 0.0859. The Morgan fingerprint density at radius 2 is 1.90 bits per heavy atom. The summed E-state index contributed by atoms with van der Waals surface area (Å²) in [5.41, 5.74) is 1.78. The average molecular weight is 277 g/mol. The number of benzene rings is 2. The van der Waals surface area contributed by atoms with E-state index in [9.17, 15) is 8.78 Å². The van der Waals surface area contributed by atoms with E-state index in [0.717, 1.165) is 17.4 Å². The van der Waals surface area contributed by atoms with Gasteiger partial charge in [-0.2, -0.15) is 0 Å². The highest BCUT2D eigenvalue weighted by atomic mass is 19.2. The van der Waals surface area contributed by atoms with E-state index in [0.29, 0.717) is 12.0 Å². The molecule has 2 aromatic rings. The third-order valence-electron chi connectivity index (χ3n) is 3.27. The predicted molar refractivity (Wildman–Crippen MR) is 74.9 cm³/mol. The lowest BCUT2D eigenvalue weighted by Crippen LogP contribution is -2.19. The monoisotopic (exact) mass is 277 g/mol. The molecule has 4 heteroatoms. The zero-order valence-electron chi connectivity index (χ0n) is 11.5. The van der Waals surface area contributed by atoms with Crippen LogP contribution >= 0.6 is 0 Å². The molecule has 1 unspecified atom stereocenters. The zero-order valence-corrected chi connectivity index (χ0v) is 11.5. The summed E-state index contributed by atoms with van der Waals surface area (Å²) in [6, 6.07) is 11.6. The van der Waals surface area contributed by atoms with Crippen molar-refractivity contribution in [2.75, 3.05) is 14.2 Å². The molecule has 2 aromatic carbocycles. The Labute approximate surface area is 117 Å². The molecule has 2 nitrogen and oxygen atoms in total. The van der Waals surface area contributed by atoms with Crippen molar-refractivity contribution in [1.29, 1.82) is 0 Å². The molecule has 0 aliphatic carbocycles. The molecule has 0 bridgehead atoms. The van der Waals surface area contributed by atoms with Gasteiger partial charge >= 0.3 is 0 Å². The van der Waals surface area contributed by atoms with Gasteiger partial charge in [0.1, 0.15) is 5.75 Å².